The molecule has 0 bridgehead atoms. The zero-order chi connectivity index (χ0) is 39.0. The number of halogens is 6. The quantitative estimate of drug-likeness (QED) is 0.122. The van der Waals surface area contributed by atoms with Gasteiger partial charge in [0, 0.05) is 0 Å². The molecule has 280 valence electrons. The fourth-order valence-electron chi connectivity index (χ4n) is 6.11. The lowest BCUT2D eigenvalue weighted by atomic mass is 9.83. The Balaban J connectivity index is 1.40. The summed E-state index contributed by atoms with van der Waals surface area (Å²) in [6, 6.07) is 42.7. The molecule has 55 heavy (non-hydrogen) atoms. The SMILES string of the molecule is O=C(Nc1ccccc1OC(F)(F)F)C(CC(C(=O)Nc1ccccc1OC(F)(F)F)c1ccc(-c2ccccc2)cc1)c1ccc(-c2ccccc2)cc1. The maximum atomic E-state index is 14.3. The topological polar surface area (TPSA) is 76.7 Å². The van der Waals surface area contributed by atoms with Crippen molar-refractivity contribution in [3.8, 4) is 33.8 Å². The Morgan fingerprint density at radius 2 is 0.745 bits per heavy atom. The fraction of sp³-hybridized carbons (Fsp3) is 0.116. The first-order valence-corrected chi connectivity index (χ1v) is 16.9. The average molecular weight is 755 g/mol. The molecule has 6 nitrogen and oxygen atoms in total. The minimum Gasteiger partial charge on any atom is -0.404 e. The van der Waals surface area contributed by atoms with Crippen LogP contribution in [0, 0.1) is 0 Å². The summed E-state index contributed by atoms with van der Waals surface area (Å²) < 4.78 is 88.1. The van der Waals surface area contributed by atoms with Crippen LogP contribution in [-0.2, 0) is 9.59 Å². The van der Waals surface area contributed by atoms with E-state index >= 15 is 0 Å². The molecule has 0 aliphatic rings. The highest BCUT2D eigenvalue weighted by molar-refractivity contribution is 6.00. The lowest BCUT2D eigenvalue weighted by Crippen LogP contribution is -2.29. The van der Waals surface area contributed by atoms with Gasteiger partial charge in [0.1, 0.15) is 0 Å². The van der Waals surface area contributed by atoms with Crippen LogP contribution in [0.1, 0.15) is 29.4 Å². The van der Waals surface area contributed by atoms with Crippen LogP contribution in [0.15, 0.2) is 158 Å². The average Bonchev–Trinajstić information content (AvgIpc) is 3.16. The van der Waals surface area contributed by atoms with Gasteiger partial charge in [0.15, 0.2) is 11.5 Å². The lowest BCUT2D eigenvalue weighted by Gasteiger charge is -2.25. The summed E-state index contributed by atoms with van der Waals surface area (Å²) in [5, 5.41) is 5.10. The largest absolute Gasteiger partial charge is 0.573 e. The third-order valence-corrected chi connectivity index (χ3v) is 8.69. The molecule has 6 rings (SSSR count). The summed E-state index contributed by atoms with van der Waals surface area (Å²) in [5.74, 6) is -5.15. The second kappa shape index (κ2) is 16.6. The molecular formula is C43H32F6N2O4. The minimum absolute atomic E-state index is 0.252. The molecule has 0 heterocycles. The number of benzene rings is 6. The molecule has 0 aromatic heterocycles. The molecular weight excluding hydrogens is 722 g/mol. The molecule has 6 aromatic carbocycles. The molecule has 2 N–H and O–H groups in total. The summed E-state index contributed by atoms with van der Waals surface area (Å²) >= 11 is 0. The first-order valence-electron chi connectivity index (χ1n) is 16.9. The number of hydrogen-bond acceptors (Lipinski definition) is 4. The number of amides is 2. The van der Waals surface area contributed by atoms with Crippen LogP contribution in [0.5, 0.6) is 11.5 Å². The Labute approximate surface area is 312 Å². The van der Waals surface area contributed by atoms with Crippen molar-refractivity contribution in [2.45, 2.75) is 31.0 Å². The van der Waals surface area contributed by atoms with Crippen LogP contribution >= 0.6 is 0 Å². The van der Waals surface area contributed by atoms with Crippen LogP contribution in [0.3, 0.4) is 0 Å². The van der Waals surface area contributed by atoms with Crippen molar-refractivity contribution >= 4 is 23.2 Å². The summed E-state index contributed by atoms with van der Waals surface area (Å²) in [5.41, 5.74) is 3.74. The number of carbonyl (C=O) groups excluding carboxylic acids is 2. The van der Waals surface area contributed by atoms with E-state index in [1.54, 1.807) is 48.5 Å². The van der Waals surface area contributed by atoms with Crippen LogP contribution in [0.25, 0.3) is 22.3 Å². The van der Waals surface area contributed by atoms with E-state index in [4.69, 9.17) is 0 Å². The number of ether oxygens (including phenoxy) is 2. The predicted molar refractivity (Wildman–Crippen MR) is 197 cm³/mol. The molecule has 0 spiro atoms. The third kappa shape index (κ3) is 10.3. The second-order valence-electron chi connectivity index (χ2n) is 12.4. The van der Waals surface area contributed by atoms with Gasteiger partial charge >= 0.3 is 12.7 Å². The van der Waals surface area contributed by atoms with Gasteiger partial charge in [-0.1, -0.05) is 133 Å². The van der Waals surface area contributed by atoms with E-state index in [1.807, 2.05) is 60.7 Å². The highest BCUT2D eigenvalue weighted by Crippen LogP contribution is 2.38. The van der Waals surface area contributed by atoms with Crippen molar-refractivity contribution in [3.05, 3.63) is 169 Å². The Kier molecular flexibility index (Phi) is 11.5. The van der Waals surface area contributed by atoms with Gasteiger partial charge in [-0.25, -0.2) is 0 Å². The van der Waals surface area contributed by atoms with Crippen molar-refractivity contribution in [1.29, 1.82) is 0 Å². The monoisotopic (exact) mass is 754 g/mol. The van der Waals surface area contributed by atoms with Gasteiger partial charge in [-0.05, 0) is 64.1 Å². The molecule has 6 aromatic rings. The van der Waals surface area contributed by atoms with Crippen molar-refractivity contribution in [1.82, 2.24) is 0 Å². The van der Waals surface area contributed by atoms with Crippen LogP contribution in [0.2, 0.25) is 0 Å². The normalized spacial score (nSPS) is 12.6. The summed E-state index contributed by atoms with van der Waals surface area (Å²) in [7, 11) is 0. The fourth-order valence-corrected chi connectivity index (χ4v) is 6.11. The summed E-state index contributed by atoms with van der Waals surface area (Å²) in [6.45, 7) is 0. The highest BCUT2D eigenvalue weighted by atomic mass is 19.4. The van der Waals surface area contributed by atoms with Gasteiger partial charge in [-0.15, -0.1) is 26.3 Å². The van der Waals surface area contributed by atoms with Gasteiger partial charge < -0.3 is 20.1 Å². The van der Waals surface area contributed by atoms with E-state index in [1.165, 1.54) is 36.4 Å². The lowest BCUT2D eigenvalue weighted by molar-refractivity contribution is -0.275. The van der Waals surface area contributed by atoms with Gasteiger partial charge in [0.05, 0.1) is 23.2 Å². The molecule has 0 saturated carbocycles. The van der Waals surface area contributed by atoms with Crippen LogP contribution in [-0.4, -0.2) is 24.5 Å². The van der Waals surface area contributed by atoms with Crippen molar-refractivity contribution in [2.75, 3.05) is 10.6 Å². The van der Waals surface area contributed by atoms with Gasteiger partial charge in [0.25, 0.3) is 0 Å². The maximum absolute atomic E-state index is 14.3. The van der Waals surface area contributed by atoms with E-state index in [2.05, 4.69) is 20.1 Å². The molecule has 2 unspecified atom stereocenters. The van der Waals surface area contributed by atoms with E-state index in [-0.39, 0.29) is 17.8 Å². The Morgan fingerprint density at radius 3 is 1.09 bits per heavy atom. The number of nitrogens with one attached hydrogen (secondary N) is 2. The first-order chi connectivity index (χ1) is 26.3. The van der Waals surface area contributed by atoms with Crippen molar-refractivity contribution < 1.29 is 45.4 Å². The van der Waals surface area contributed by atoms with E-state index in [0.29, 0.717) is 11.1 Å². The summed E-state index contributed by atoms with van der Waals surface area (Å²) in [6.07, 6.45) is -10.3. The number of anilines is 2. The van der Waals surface area contributed by atoms with Gasteiger partial charge in [0.2, 0.25) is 11.8 Å². The summed E-state index contributed by atoms with van der Waals surface area (Å²) in [4.78, 5) is 28.5. The smallest absolute Gasteiger partial charge is 0.404 e. The predicted octanol–water partition coefficient (Wildman–Crippen LogP) is 11.4. The van der Waals surface area contributed by atoms with E-state index in [0.717, 1.165) is 34.4 Å². The Hall–Kier alpha value is -6.56. The Bertz CT molecular complexity index is 2050. The standard InChI is InChI=1S/C43H32F6N2O4/c44-42(45,46)54-38-17-9-7-15-36(38)50-40(52)34(32-23-19-30(20-24-32)28-11-3-1-4-12-28)27-35(33-25-21-31(22-26-33)29-13-5-2-6-14-29)41(53)51-37-16-8-10-18-39(37)55-43(47,48)49/h1-26,34-35H,27H2,(H,50,52)(H,51,53). The van der Waals surface area contributed by atoms with E-state index in [9.17, 15) is 35.9 Å². The zero-order valence-corrected chi connectivity index (χ0v) is 28.8. The number of carbonyl (C=O) groups is 2. The molecule has 0 aliphatic carbocycles. The third-order valence-electron chi connectivity index (χ3n) is 8.69. The minimum atomic E-state index is -5.05. The molecule has 0 fully saturated rings. The van der Waals surface area contributed by atoms with Gasteiger partial charge in [-0.3, -0.25) is 9.59 Å². The number of para-hydroxylation sites is 4. The number of hydrogen-bond donors (Lipinski definition) is 2. The van der Waals surface area contributed by atoms with E-state index < -0.39 is 47.9 Å². The molecule has 0 aliphatic heterocycles. The van der Waals surface area contributed by atoms with Crippen LogP contribution in [0.4, 0.5) is 37.7 Å². The highest BCUT2D eigenvalue weighted by Gasteiger charge is 2.35. The number of rotatable bonds is 12. The first kappa shape index (κ1) is 38.2. The van der Waals surface area contributed by atoms with Gasteiger partial charge in [-0.2, -0.15) is 0 Å². The second-order valence-corrected chi connectivity index (χ2v) is 12.4. The molecule has 2 atom stereocenters. The molecule has 0 radical (unpaired) electrons. The molecule has 2 amide bonds. The maximum Gasteiger partial charge on any atom is 0.573 e. The van der Waals surface area contributed by atoms with Crippen LogP contribution < -0.4 is 20.1 Å². The Morgan fingerprint density at radius 1 is 0.436 bits per heavy atom. The van der Waals surface area contributed by atoms with Crippen molar-refractivity contribution in [2.24, 2.45) is 0 Å². The van der Waals surface area contributed by atoms with Crippen molar-refractivity contribution in [3.63, 3.8) is 0 Å². The molecule has 0 saturated heterocycles. The molecule has 12 heteroatoms. The zero-order valence-electron chi connectivity index (χ0n) is 28.8. The number of alkyl halides is 6.